The predicted octanol–water partition coefficient (Wildman–Crippen LogP) is 2.73. The normalized spacial score (nSPS) is 32.1. The van der Waals surface area contributed by atoms with Gasteiger partial charge >= 0.3 is 12.1 Å². The Morgan fingerprint density at radius 2 is 2.06 bits per heavy atom. The molecular formula is C26H34N2O6. The number of hydrogen-bond donors (Lipinski definition) is 2. The van der Waals surface area contributed by atoms with Gasteiger partial charge in [0.1, 0.15) is 23.2 Å². The molecule has 2 bridgehead atoms. The van der Waals surface area contributed by atoms with Crippen molar-refractivity contribution in [3.05, 3.63) is 40.7 Å². The minimum atomic E-state index is -1.02. The standard InChI is InChI=1S/C26H34N2O6/c1-14-7-8-16-13-18-26(31)10-9-17(32-22(29)15(2)27-23(30)34-24(3,4)5)21-25(26,11-12-28(18)6)19(16)20(14)33-21/h7-9,15,18,21,31H,10-13H2,1-6H3,(H,27,30)/t15-,18+,21-,25-,26+/m0/s1. The van der Waals surface area contributed by atoms with E-state index in [1.165, 1.54) is 5.56 Å². The van der Waals surface area contributed by atoms with Crippen molar-refractivity contribution < 1.29 is 28.9 Å². The number of ether oxygens (including phenoxy) is 3. The highest BCUT2D eigenvalue weighted by molar-refractivity contribution is 5.82. The van der Waals surface area contributed by atoms with Crippen LogP contribution in [0.3, 0.4) is 0 Å². The Labute approximate surface area is 200 Å². The smallest absolute Gasteiger partial charge is 0.408 e. The largest absolute Gasteiger partial charge is 0.481 e. The molecule has 2 heterocycles. The zero-order valence-electron chi connectivity index (χ0n) is 20.7. The van der Waals surface area contributed by atoms with Gasteiger partial charge < -0.3 is 29.5 Å². The van der Waals surface area contributed by atoms with E-state index >= 15 is 0 Å². The number of aliphatic hydroxyl groups is 1. The molecule has 5 atom stereocenters. The molecule has 0 unspecified atom stereocenters. The van der Waals surface area contributed by atoms with Crippen molar-refractivity contribution in [2.75, 3.05) is 13.6 Å². The Balaban J connectivity index is 1.46. The zero-order valence-corrected chi connectivity index (χ0v) is 20.7. The molecule has 1 aromatic carbocycles. The molecule has 1 amide bonds. The van der Waals surface area contributed by atoms with Crippen LogP contribution in [0.5, 0.6) is 5.75 Å². The highest BCUT2D eigenvalue weighted by atomic mass is 16.6. The van der Waals surface area contributed by atoms with E-state index in [1.54, 1.807) is 33.8 Å². The van der Waals surface area contributed by atoms with Gasteiger partial charge in [-0.05, 0) is 78.3 Å². The summed E-state index contributed by atoms with van der Waals surface area (Å²) in [6, 6.07) is 3.25. The number of carbonyl (C=O) groups is 2. The minimum absolute atomic E-state index is 0.0465. The Morgan fingerprint density at radius 3 is 2.76 bits per heavy atom. The molecule has 2 aliphatic carbocycles. The van der Waals surface area contributed by atoms with Gasteiger partial charge in [0.2, 0.25) is 0 Å². The second-order valence-corrected chi connectivity index (χ2v) is 11.2. The fourth-order valence-corrected chi connectivity index (χ4v) is 6.33. The maximum Gasteiger partial charge on any atom is 0.408 e. The van der Waals surface area contributed by atoms with Gasteiger partial charge in [0.25, 0.3) is 0 Å². The van der Waals surface area contributed by atoms with E-state index in [0.29, 0.717) is 18.6 Å². The Bertz CT molecular complexity index is 1090. The van der Waals surface area contributed by atoms with Crippen LogP contribution in [-0.2, 0) is 26.1 Å². The van der Waals surface area contributed by atoms with Crippen molar-refractivity contribution >= 4 is 12.1 Å². The summed E-state index contributed by atoms with van der Waals surface area (Å²) in [7, 11) is 2.06. The van der Waals surface area contributed by atoms with E-state index < -0.39 is 40.8 Å². The SMILES string of the molecule is Cc1ccc2c3c1O[C@H]1C(OC(=O)[C@H](C)NC(=O)OC(C)(C)C)=CC[C@@]4(O)[C@@H](C2)N(C)CC[C@]314. The summed E-state index contributed by atoms with van der Waals surface area (Å²) in [5.74, 6) is 0.600. The fourth-order valence-electron chi connectivity index (χ4n) is 6.33. The van der Waals surface area contributed by atoms with Gasteiger partial charge in [-0.15, -0.1) is 0 Å². The van der Waals surface area contributed by atoms with Crippen LogP contribution < -0.4 is 10.1 Å². The molecule has 1 fully saturated rings. The van der Waals surface area contributed by atoms with Gasteiger partial charge in [-0.1, -0.05) is 12.1 Å². The van der Waals surface area contributed by atoms with Crippen molar-refractivity contribution in [2.24, 2.45) is 0 Å². The summed E-state index contributed by atoms with van der Waals surface area (Å²) >= 11 is 0. The Morgan fingerprint density at radius 1 is 1.32 bits per heavy atom. The number of hydrogen-bond acceptors (Lipinski definition) is 7. The molecule has 0 radical (unpaired) electrons. The molecule has 184 valence electrons. The summed E-state index contributed by atoms with van der Waals surface area (Å²) < 4.78 is 17.6. The van der Waals surface area contributed by atoms with E-state index in [4.69, 9.17) is 14.2 Å². The first-order valence-corrected chi connectivity index (χ1v) is 12.0. The van der Waals surface area contributed by atoms with Crippen LogP contribution in [0.1, 0.15) is 57.2 Å². The van der Waals surface area contributed by atoms with Crippen molar-refractivity contribution in [2.45, 2.75) is 88.7 Å². The molecular weight excluding hydrogens is 436 g/mol. The van der Waals surface area contributed by atoms with E-state index in [0.717, 1.165) is 29.8 Å². The number of piperidine rings is 1. The number of rotatable bonds is 3. The first kappa shape index (κ1) is 23.2. The van der Waals surface area contributed by atoms with Crippen LogP contribution in [0, 0.1) is 6.92 Å². The van der Waals surface area contributed by atoms with Crippen molar-refractivity contribution in [3.63, 3.8) is 0 Å². The van der Waals surface area contributed by atoms with Crippen LogP contribution in [0.25, 0.3) is 0 Å². The number of alkyl carbamates (subject to hydrolysis) is 1. The average Bonchev–Trinajstić information content (AvgIpc) is 3.09. The van der Waals surface area contributed by atoms with Gasteiger partial charge in [-0.25, -0.2) is 9.59 Å². The summed E-state index contributed by atoms with van der Waals surface area (Å²) in [5, 5.41) is 14.7. The third-order valence-corrected chi connectivity index (χ3v) is 7.88. The Hall–Kier alpha value is -2.58. The third-order valence-electron chi connectivity index (χ3n) is 7.88. The maximum absolute atomic E-state index is 12.9. The number of esters is 1. The molecule has 2 aliphatic heterocycles. The number of likely N-dealkylation sites (tertiary alicyclic amines) is 1. The topological polar surface area (TPSA) is 97.3 Å². The fraction of sp³-hybridized carbons (Fsp3) is 0.615. The van der Waals surface area contributed by atoms with Gasteiger partial charge in [0.15, 0.2) is 6.10 Å². The molecule has 1 saturated heterocycles. The van der Waals surface area contributed by atoms with Crippen molar-refractivity contribution in [3.8, 4) is 5.75 Å². The van der Waals surface area contributed by atoms with E-state index in [-0.39, 0.29) is 6.04 Å². The highest BCUT2D eigenvalue weighted by Crippen LogP contribution is 2.64. The summed E-state index contributed by atoms with van der Waals surface area (Å²) in [6.45, 7) is 9.65. The quantitative estimate of drug-likeness (QED) is 0.656. The van der Waals surface area contributed by atoms with Gasteiger partial charge in [-0.2, -0.15) is 0 Å². The second kappa shape index (κ2) is 7.46. The van der Waals surface area contributed by atoms with Crippen LogP contribution in [0.2, 0.25) is 0 Å². The molecule has 34 heavy (non-hydrogen) atoms. The number of aryl methyl sites for hydroxylation is 1. The number of nitrogens with one attached hydrogen (secondary N) is 1. The number of likely N-dealkylation sites (N-methyl/N-ethyl adjacent to an activating group) is 1. The first-order valence-electron chi connectivity index (χ1n) is 12.0. The number of nitrogens with zero attached hydrogens (tertiary/aromatic N) is 1. The lowest BCUT2D eigenvalue weighted by atomic mass is 9.50. The molecule has 8 heteroatoms. The highest BCUT2D eigenvalue weighted by Gasteiger charge is 2.71. The molecule has 1 spiro atoms. The maximum atomic E-state index is 12.9. The number of amides is 1. The monoisotopic (exact) mass is 470 g/mol. The molecule has 2 N–H and O–H groups in total. The molecule has 0 saturated carbocycles. The van der Waals surface area contributed by atoms with E-state index in [2.05, 4.69) is 29.4 Å². The number of carbonyl (C=O) groups excluding carboxylic acids is 2. The second-order valence-electron chi connectivity index (χ2n) is 11.2. The molecule has 5 rings (SSSR count). The molecule has 0 aromatic heterocycles. The van der Waals surface area contributed by atoms with Crippen molar-refractivity contribution in [1.29, 1.82) is 0 Å². The molecule has 8 nitrogen and oxygen atoms in total. The Kier molecular flexibility index (Phi) is 5.08. The van der Waals surface area contributed by atoms with Crippen molar-refractivity contribution in [1.82, 2.24) is 10.2 Å². The summed E-state index contributed by atoms with van der Waals surface area (Å²) in [6.07, 6.45) is 2.33. The lowest BCUT2D eigenvalue weighted by Gasteiger charge is -2.61. The summed E-state index contributed by atoms with van der Waals surface area (Å²) in [5.41, 5.74) is 0.905. The van der Waals surface area contributed by atoms with Crippen LogP contribution in [0.15, 0.2) is 24.0 Å². The van der Waals surface area contributed by atoms with Crippen LogP contribution >= 0.6 is 0 Å². The molecule has 4 aliphatic rings. The van der Waals surface area contributed by atoms with Gasteiger partial charge in [0, 0.05) is 18.0 Å². The van der Waals surface area contributed by atoms with E-state index in [9.17, 15) is 14.7 Å². The van der Waals surface area contributed by atoms with Gasteiger partial charge in [-0.3, -0.25) is 0 Å². The summed E-state index contributed by atoms with van der Waals surface area (Å²) in [4.78, 5) is 27.3. The molecule has 1 aromatic rings. The predicted molar refractivity (Wildman–Crippen MR) is 125 cm³/mol. The van der Waals surface area contributed by atoms with E-state index in [1.807, 2.05) is 6.92 Å². The lowest BCUT2D eigenvalue weighted by molar-refractivity contribution is -0.169. The zero-order chi connectivity index (χ0) is 24.6. The minimum Gasteiger partial charge on any atom is -0.481 e. The number of benzene rings is 1. The average molecular weight is 471 g/mol. The van der Waals surface area contributed by atoms with Crippen LogP contribution in [0.4, 0.5) is 4.79 Å². The van der Waals surface area contributed by atoms with Gasteiger partial charge in [0.05, 0.1) is 11.0 Å². The van der Waals surface area contributed by atoms with Crippen LogP contribution in [-0.4, -0.2) is 65.1 Å². The third kappa shape index (κ3) is 3.18. The lowest BCUT2D eigenvalue weighted by Crippen LogP contribution is -2.74. The first-order chi connectivity index (χ1) is 15.9.